The van der Waals surface area contributed by atoms with Gasteiger partial charge in [-0.1, -0.05) is 20.8 Å². The van der Waals surface area contributed by atoms with Crippen LogP contribution in [0.3, 0.4) is 0 Å². The van der Waals surface area contributed by atoms with Gasteiger partial charge in [-0.3, -0.25) is 4.79 Å². The Morgan fingerprint density at radius 1 is 1.37 bits per heavy atom. The Morgan fingerprint density at radius 3 is 2.81 bits per heavy atom. The number of hydrogen-bond acceptors (Lipinski definition) is 3. The van der Waals surface area contributed by atoms with Crippen molar-refractivity contribution in [1.29, 1.82) is 0 Å². The third-order valence-electron chi connectivity index (χ3n) is 8.70. The monoisotopic (exact) mass is 394 g/mol. The van der Waals surface area contributed by atoms with Crippen LogP contribution >= 0.6 is 11.6 Å². The van der Waals surface area contributed by atoms with Gasteiger partial charge in [-0.2, -0.15) is 0 Å². The molecule has 4 rings (SSSR count). The van der Waals surface area contributed by atoms with E-state index in [2.05, 4.69) is 20.8 Å². The molecular weight excluding hydrogens is 364 g/mol. The Bertz CT molecular complexity index is 702. The van der Waals surface area contributed by atoms with Crippen molar-refractivity contribution in [2.24, 2.45) is 34.5 Å². The average molecular weight is 395 g/mol. The van der Waals surface area contributed by atoms with E-state index in [0.29, 0.717) is 30.6 Å². The first kappa shape index (κ1) is 19.3. The van der Waals surface area contributed by atoms with Crippen LogP contribution in [0, 0.1) is 34.5 Å². The molecular formula is C22H31ClO4. The Morgan fingerprint density at radius 2 is 2.11 bits per heavy atom. The van der Waals surface area contributed by atoms with Gasteiger partial charge in [-0.25, -0.2) is 0 Å². The second-order valence-corrected chi connectivity index (χ2v) is 10.4. The Hall–Kier alpha value is -1.00. The highest BCUT2D eigenvalue weighted by molar-refractivity contribution is 6.26. The Labute approximate surface area is 166 Å². The van der Waals surface area contributed by atoms with Crippen molar-refractivity contribution in [3.05, 3.63) is 24.2 Å². The molecule has 3 fully saturated rings. The number of carboxylic acids is 1. The SMILES string of the molecule is CC1CC2C3CCC4=COC=CC4(C)C3(Cl)C(O)CC2(C)C1CCC(=O)O. The summed E-state index contributed by atoms with van der Waals surface area (Å²) < 4.78 is 5.42. The molecule has 0 aromatic rings. The molecule has 0 aromatic heterocycles. The van der Waals surface area contributed by atoms with Gasteiger partial charge in [0.2, 0.25) is 0 Å². The fraction of sp³-hybridized carbons (Fsp3) is 0.773. The molecule has 1 heterocycles. The van der Waals surface area contributed by atoms with Gasteiger partial charge in [0.15, 0.2) is 0 Å². The summed E-state index contributed by atoms with van der Waals surface area (Å²) in [5.74, 6) is 0.687. The van der Waals surface area contributed by atoms with Crippen LogP contribution in [0.1, 0.15) is 59.3 Å². The number of fused-ring (bicyclic) bond motifs is 5. The van der Waals surface area contributed by atoms with Gasteiger partial charge in [-0.15, -0.1) is 11.6 Å². The van der Waals surface area contributed by atoms with Crippen LogP contribution in [0.15, 0.2) is 24.2 Å². The lowest BCUT2D eigenvalue weighted by atomic mass is 9.46. The van der Waals surface area contributed by atoms with Crippen LogP contribution in [0.2, 0.25) is 0 Å². The standard InChI is InChI=1S/C22H31ClO4/c1-13-10-17-16-5-4-14-12-27-9-8-21(14,3)22(16,23)18(24)11-20(17,2)15(13)6-7-19(25)26/h8-9,12-13,15-18,24H,4-7,10-11H2,1-3H3,(H,25,26). The molecule has 4 nitrogen and oxygen atoms in total. The zero-order valence-electron chi connectivity index (χ0n) is 16.5. The maximum Gasteiger partial charge on any atom is 0.303 e. The van der Waals surface area contributed by atoms with Crippen molar-refractivity contribution in [1.82, 2.24) is 0 Å². The van der Waals surface area contributed by atoms with E-state index in [1.54, 1.807) is 6.26 Å². The first-order valence-electron chi connectivity index (χ1n) is 10.3. The fourth-order valence-electron chi connectivity index (χ4n) is 7.36. The summed E-state index contributed by atoms with van der Waals surface area (Å²) in [7, 11) is 0. The van der Waals surface area contributed by atoms with Crippen LogP contribution in [0.5, 0.6) is 0 Å². The predicted molar refractivity (Wildman–Crippen MR) is 104 cm³/mol. The third kappa shape index (κ3) is 2.48. The van der Waals surface area contributed by atoms with E-state index in [-0.39, 0.29) is 17.8 Å². The van der Waals surface area contributed by atoms with E-state index in [9.17, 15) is 15.0 Å². The van der Waals surface area contributed by atoms with Gasteiger partial charge < -0.3 is 14.9 Å². The van der Waals surface area contributed by atoms with E-state index >= 15 is 0 Å². The van der Waals surface area contributed by atoms with Gasteiger partial charge >= 0.3 is 5.97 Å². The number of alkyl halides is 1. The summed E-state index contributed by atoms with van der Waals surface area (Å²) in [5.41, 5.74) is 0.718. The van der Waals surface area contributed by atoms with Gasteiger partial charge in [0.1, 0.15) is 0 Å². The van der Waals surface area contributed by atoms with E-state index < -0.39 is 22.4 Å². The zero-order chi connectivity index (χ0) is 19.6. The molecule has 8 unspecified atom stereocenters. The van der Waals surface area contributed by atoms with Crippen LogP contribution in [0.4, 0.5) is 0 Å². The molecule has 4 aliphatic rings. The third-order valence-corrected chi connectivity index (χ3v) is 9.62. The minimum absolute atomic E-state index is 0.0518. The van der Waals surface area contributed by atoms with E-state index in [1.807, 2.05) is 12.3 Å². The molecule has 150 valence electrons. The molecule has 3 aliphatic carbocycles. The highest BCUT2D eigenvalue weighted by atomic mass is 35.5. The number of aliphatic carboxylic acids is 1. The summed E-state index contributed by atoms with van der Waals surface area (Å²) in [6.07, 6.45) is 9.42. The molecule has 0 radical (unpaired) electrons. The molecule has 0 amide bonds. The minimum atomic E-state index is -0.733. The van der Waals surface area contributed by atoms with Gasteiger partial charge in [0, 0.05) is 11.8 Å². The lowest BCUT2D eigenvalue weighted by Gasteiger charge is -2.63. The number of carbonyl (C=O) groups is 1. The van der Waals surface area contributed by atoms with E-state index in [0.717, 1.165) is 19.3 Å². The van der Waals surface area contributed by atoms with Crippen LogP contribution < -0.4 is 0 Å². The molecule has 0 saturated heterocycles. The van der Waals surface area contributed by atoms with Gasteiger partial charge in [0.25, 0.3) is 0 Å². The van der Waals surface area contributed by atoms with Crippen molar-refractivity contribution in [3.8, 4) is 0 Å². The van der Waals surface area contributed by atoms with E-state index in [1.165, 1.54) is 5.57 Å². The van der Waals surface area contributed by atoms with Crippen LogP contribution in [0.25, 0.3) is 0 Å². The molecule has 5 heteroatoms. The van der Waals surface area contributed by atoms with Gasteiger partial charge in [-0.05, 0) is 72.8 Å². The fourth-order valence-corrected chi connectivity index (χ4v) is 7.88. The average Bonchev–Trinajstić information content (AvgIpc) is 2.84. The number of halogens is 1. The van der Waals surface area contributed by atoms with Crippen LogP contribution in [-0.4, -0.2) is 27.2 Å². The molecule has 27 heavy (non-hydrogen) atoms. The summed E-state index contributed by atoms with van der Waals surface area (Å²) in [5, 5.41) is 20.6. The summed E-state index contributed by atoms with van der Waals surface area (Å²) >= 11 is 7.40. The maximum atomic E-state index is 11.4. The highest BCUT2D eigenvalue weighted by Gasteiger charge is 2.69. The molecule has 2 N–H and O–H groups in total. The molecule has 1 aliphatic heterocycles. The number of carboxylic acid groups (broad SMARTS) is 1. The summed E-state index contributed by atoms with van der Waals surface area (Å²) in [6, 6.07) is 0. The zero-order valence-corrected chi connectivity index (χ0v) is 17.2. The smallest absolute Gasteiger partial charge is 0.303 e. The predicted octanol–water partition coefficient (Wildman–Crippen LogP) is 4.72. The quantitative estimate of drug-likeness (QED) is 0.680. The lowest BCUT2D eigenvalue weighted by Crippen LogP contribution is -2.65. The lowest BCUT2D eigenvalue weighted by molar-refractivity contribution is -0.138. The highest BCUT2D eigenvalue weighted by Crippen LogP contribution is 2.70. The van der Waals surface area contributed by atoms with Crippen LogP contribution in [-0.2, 0) is 9.53 Å². The minimum Gasteiger partial charge on any atom is -0.481 e. The maximum absolute atomic E-state index is 11.4. The Kier molecular flexibility index (Phi) is 4.47. The summed E-state index contributed by atoms with van der Waals surface area (Å²) in [4.78, 5) is 10.4. The number of aliphatic hydroxyl groups is 1. The molecule has 8 atom stereocenters. The summed E-state index contributed by atoms with van der Waals surface area (Å²) in [6.45, 7) is 6.67. The topological polar surface area (TPSA) is 66.8 Å². The largest absolute Gasteiger partial charge is 0.481 e. The normalized spacial score (nSPS) is 50.9. The molecule has 3 saturated carbocycles. The number of rotatable bonds is 3. The molecule has 0 spiro atoms. The molecule has 0 bridgehead atoms. The van der Waals surface area contributed by atoms with Crippen molar-refractivity contribution < 1.29 is 19.7 Å². The van der Waals surface area contributed by atoms with Gasteiger partial charge in [0.05, 0.1) is 23.5 Å². The first-order chi connectivity index (χ1) is 12.6. The van der Waals surface area contributed by atoms with Crippen molar-refractivity contribution in [2.45, 2.75) is 70.3 Å². The van der Waals surface area contributed by atoms with E-state index in [4.69, 9.17) is 16.3 Å². The first-order valence-corrected chi connectivity index (χ1v) is 10.6. The Balaban J connectivity index is 1.72. The number of hydrogen-bond donors (Lipinski definition) is 2. The van der Waals surface area contributed by atoms with Crippen molar-refractivity contribution in [3.63, 3.8) is 0 Å². The second kappa shape index (κ2) is 6.25. The number of allylic oxidation sites excluding steroid dienone is 2. The number of aliphatic hydroxyl groups excluding tert-OH is 1. The number of ether oxygens (including phenoxy) is 1. The van der Waals surface area contributed by atoms with Crippen molar-refractivity contribution >= 4 is 17.6 Å². The molecule has 0 aromatic carbocycles. The van der Waals surface area contributed by atoms with Crippen molar-refractivity contribution in [2.75, 3.05) is 0 Å². The second-order valence-electron chi connectivity index (χ2n) is 9.78.